The van der Waals surface area contributed by atoms with Gasteiger partial charge in [0.05, 0.1) is 12.3 Å². The zero-order valence-corrected chi connectivity index (χ0v) is 11.6. The van der Waals surface area contributed by atoms with Crippen molar-refractivity contribution in [3.63, 3.8) is 0 Å². The highest BCUT2D eigenvalue weighted by Crippen LogP contribution is 2.25. The van der Waals surface area contributed by atoms with Crippen molar-refractivity contribution >= 4 is 5.82 Å². The fourth-order valence-electron chi connectivity index (χ4n) is 2.04. The summed E-state index contributed by atoms with van der Waals surface area (Å²) >= 11 is 0. The molecular weight excluding hydrogens is 266 g/mol. The second kappa shape index (κ2) is 5.62. The summed E-state index contributed by atoms with van der Waals surface area (Å²) in [5, 5.41) is 8.25. The minimum absolute atomic E-state index is 0.479. The van der Waals surface area contributed by atoms with Crippen LogP contribution in [0.5, 0.6) is 5.75 Å². The Labute approximate surface area is 122 Å². The highest BCUT2D eigenvalue weighted by molar-refractivity contribution is 5.70. The first-order chi connectivity index (χ1) is 10.3. The molecule has 0 bridgehead atoms. The van der Waals surface area contributed by atoms with Crippen LogP contribution in [0.4, 0.5) is 5.82 Å². The summed E-state index contributed by atoms with van der Waals surface area (Å²) in [6, 6.07) is 11.3. The molecule has 1 aromatic carbocycles. The molecule has 0 atom stereocenters. The van der Waals surface area contributed by atoms with Crippen molar-refractivity contribution in [2.24, 2.45) is 0 Å². The molecule has 2 heterocycles. The smallest absolute Gasteiger partial charge is 0.155 e. The molecule has 6 heteroatoms. The number of hydrogen-bond acceptors (Lipinski definition) is 5. The van der Waals surface area contributed by atoms with E-state index in [2.05, 4.69) is 15.3 Å². The van der Waals surface area contributed by atoms with E-state index in [9.17, 15) is 0 Å². The van der Waals surface area contributed by atoms with Gasteiger partial charge in [0.25, 0.3) is 0 Å². The zero-order valence-electron chi connectivity index (χ0n) is 11.6. The Hall–Kier alpha value is -2.89. The predicted octanol–water partition coefficient (Wildman–Crippen LogP) is 2.31. The first-order valence-corrected chi connectivity index (χ1v) is 6.64. The van der Waals surface area contributed by atoms with E-state index in [4.69, 9.17) is 10.5 Å². The minimum atomic E-state index is 0.479. The van der Waals surface area contributed by atoms with Crippen LogP contribution in [0.15, 0.2) is 48.8 Å². The molecule has 2 aromatic heterocycles. The summed E-state index contributed by atoms with van der Waals surface area (Å²) in [6.07, 6.45) is 3.42. The van der Waals surface area contributed by atoms with E-state index in [1.807, 2.05) is 43.3 Å². The molecule has 106 valence electrons. The first-order valence-electron chi connectivity index (χ1n) is 6.64. The maximum atomic E-state index is 6.14. The third-order valence-electron chi connectivity index (χ3n) is 3.03. The molecule has 21 heavy (non-hydrogen) atoms. The van der Waals surface area contributed by atoms with Gasteiger partial charge in [-0.3, -0.25) is 4.98 Å². The molecule has 0 amide bonds. The molecule has 0 radical (unpaired) electrons. The Morgan fingerprint density at radius 3 is 2.67 bits per heavy atom. The predicted molar refractivity (Wildman–Crippen MR) is 80.2 cm³/mol. The van der Waals surface area contributed by atoms with Crippen molar-refractivity contribution < 1.29 is 4.74 Å². The number of benzene rings is 1. The summed E-state index contributed by atoms with van der Waals surface area (Å²) in [4.78, 5) is 4.07. The van der Waals surface area contributed by atoms with Gasteiger partial charge >= 0.3 is 0 Å². The summed E-state index contributed by atoms with van der Waals surface area (Å²) in [7, 11) is 0. The first kappa shape index (κ1) is 13.1. The quantitative estimate of drug-likeness (QED) is 0.794. The van der Waals surface area contributed by atoms with Crippen LogP contribution >= 0.6 is 0 Å². The van der Waals surface area contributed by atoms with Gasteiger partial charge in [-0.25, -0.2) is 0 Å². The number of pyridine rings is 1. The van der Waals surface area contributed by atoms with Crippen LogP contribution in [0.1, 0.15) is 6.92 Å². The standard InChI is InChI=1S/C15H15N5O/c1-2-21-13-7-5-12(6-8-13)20-15(16)14(18-19-20)11-4-3-9-17-10-11/h3-10H,2,16H2,1H3. The van der Waals surface area contributed by atoms with Crippen LogP contribution in [0.2, 0.25) is 0 Å². The summed E-state index contributed by atoms with van der Waals surface area (Å²) in [5.41, 5.74) is 8.44. The van der Waals surface area contributed by atoms with Gasteiger partial charge in [-0.15, -0.1) is 5.10 Å². The molecule has 3 aromatic rings. The molecule has 0 fully saturated rings. The van der Waals surface area contributed by atoms with E-state index in [1.54, 1.807) is 17.1 Å². The van der Waals surface area contributed by atoms with E-state index in [-0.39, 0.29) is 0 Å². The molecule has 0 unspecified atom stereocenters. The Bertz CT molecular complexity index is 722. The van der Waals surface area contributed by atoms with Gasteiger partial charge in [0, 0.05) is 18.0 Å². The average Bonchev–Trinajstić information content (AvgIpc) is 2.91. The van der Waals surface area contributed by atoms with Crippen LogP contribution in [-0.2, 0) is 0 Å². The molecule has 0 aliphatic heterocycles. The lowest BCUT2D eigenvalue weighted by molar-refractivity contribution is 0.340. The van der Waals surface area contributed by atoms with Gasteiger partial charge in [-0.1, -0.05) is 5.21 Å². The molecule has 0 aliphatic carbocycles. The van der Waals surface area contributed by atoms with Crippen molar-refractivity contribution in [1.82, 2.24) is 20.0 Å². The minimum Gasteiger partial charge on any atom is -0.494 e. The Balaban J connectivity index is 1.95. The van der Waals surface area contributed by atoms with E-state index in [0.717, 1.165) is 17.0 Å². The number of hydrogen-bond donors (Lipinski definition) is 1. The molecule has 6 nitrogen and oxygen atoms in total. The fourth-order valence-corrected chi connectivity index (χ4v) is 2.04. The third kappa shape index (κ3) is 2.55. The lowest BCUT2D eigenvalue weighted by Gasteiger charge is -2.06. The van der Waals surface area contributed by atoms with E-state index in [0.29, 0.717) is 18.1 Å². The maximum Gasteiger partial charge on any atom is 0.155 e. The van der Waals surface area contributed by atoms with Gasteiger partial charge in [-0.05, 0) is 43.3 Å². The second-order valence-corrected chi connectivity index (χ2v) is 4.40. The fraction of sp³-hybridized carbons (Fsp3) is 0.133. The summed E-state index contributed by atoms with van der Waals surface area (Å²) in [5.74, 6) is 1.29. The van der Waals surface area contributed by atoms with Crippen LogP contribution in [-0.4, -0.2) is 26.6 Å². The topological polar surface area (TPSA) is 78.8 Å². The maximum absolute atomic E-state index is 6.14. The molecule has 2 N–H and O–H groups in total. The number of aromatic nitrogens is 4. The molecule has 0 aliphatic rings. The number of nitrogens with two attached hydrogens (primary N) is 1. The van der Waals surface area contributed by atoms with E-state index >= 15 is 0 Å². The van der Waals surface area contributed by atoms with Gasteiger partial charge in [0.1, 0.15) is 11.4 Å². The second-order valence-electron chi connectivity index (χ2n) is 4.40. The molecular formula is C15H15N5O. The highest BCUT2D eigenvalue weighted by Gasteiger charge is 2.13. The van der Waals surface area contributed by atoms with Crippen molar-refractivity contribution in [1.29, 1.82) is 0 Å². The monoisotopic (exact) mass is 281 g/mol. The molecule has 3 rings (SSSR count). The Morgan fingerprint density at radius 1 is 1.19 bits per heavy atom. The van der Waals surface area contributed by atoms with Crippen LogP contribution in [0.3, 0.4) is 0 Å². The molecule has 0 saturated heterocycles. The van der Waals surface area contributed by atoms with Gasteiger partial charge in [-0.2, -0.15) is 4.68 Å². The number of anilines is 1. The SMILES string of the molecule is CCOc1ccc(-n2nnc(-c3cccnc3)c2N)cc1. The summed E-state index contributed by atoms with van der Waals surface area (Å²) in [6.45, 7) is 2.58. The van der Waals surface area contributed by atoms with Gasteiger partial charge < -0.3 is 10.5 Å². The number of nitrogens with zero attached hydrogens (tertiary/aromatic N) is 4. The lowest BCUT2D eigenvalue weighted by atomic mass is 10.2. The van der Waals surface area contributed by atoms with E-state index < -0.39 is 0 Å². The molecule has 0 spiro atoms. The van der Waals surface area contributed by atoms with E-state index in [1.165, 1.54) is 0 Å². The number of nitrogen functional groups attached to an aromatic ring is 1. The van der Waals surface area contributed by atoms with Crippen molar-refractivity contribution in [2.75, 3.05) is 12.3 Å². The van der Waals surface area contributed by atoms with Crippen LogP contribution in [0, 0.1) is 0 Å². The Morgan fingerprint density at radius 2 is 2.00 bits per heavy atom. The molecule has 0 saturated carbocycles. The van der Waals surface area contributed by atoms with Crippen LogP contribution < -0.4 is 10.5 Å². The largest absolute Gasteiger partial charge is 0.494 e. The normalized spacial score (nSPS) is 10.5. The highest BCUT2D eigenvalue weighted by atomic mass is 16.5. The summed E-state index contributed by atoms with van der Waals surface area (Å²) < 4.78 is 7.01. The average molecular weight is 281 g/mol. The van der Waals surface area contributed by atoms with Crippen molar-refractivity contribution in [3.8, 4) is 22.7 Å². The van der Waals surface area contributed by atoms with Gasteiger partial charge in [0.2, 0.25) is 0 Å². The third-order valence-corrected chi connectivity index (χ3v) is 3.03. The zero-order chi connectivity index (χ0) is 14.7. The Kier molecular flexibility index (Phi) is 3.51. The lowest BCUT2D eigenvalue weighted by Crippen LogP contribution is -2.02. The number of rotatable bonds is 4. The number of ether oxygens (including phenoxy) is 1. The van der Waals surface area contributed by atoms with Gasteiger partial charge in [0.15, 0.2) is 5.82 Å². The van der Waals surface area contributed by atoms with Crippen molar-refractivity contribution in [2.45, 2.75) is 6.92 Å². The van der Waals surface area contributed by atoms with Crippen molar-refractivity contribution in [3.05, 3.63) is 48.8 Å². The van der Waals surface area contributed by atoms with Crippen LogP contribution in [0.25, 0.3) is 16.9 Å².